The Morgan fingerprint density at radius 1 is 2.00 bits per heavy atom. The van der Waals surface area contributed by atoms with E-state index in [0.717, 1.165) is 5.57 Å². The molecule has 1 heteroatoms. The molecular weight excluding hydrogens is 76.1 g/mol. The molecule has 0 spiro atoms. The van der Waals surface area contributed by atoms with Crippen molar-refractivity contribution < 1.29 is 4.79 Å². The van der Waals surface area contributed by atoms with E-state index >= 15 is 0 Å². The first-order valence-electron chi connectivity index (χ1n) is 1.64. The molecule has 0 aliphatic carbocycles. The fourth-order valence-electron chi connectivity index (χ4n) is 0.101. The molecule has 0 saturated carbocycles. The maximum atomic E-state index is 9.37. The molecular formula is C5H6O. The van der Waals surface area contributed by atoms with E-state index in [1.165, 1.54) is 6.08 Å². The van der Waals surface area contributed by atoms with E-state index in [9.17, 15) is 4.79 Å². The highest BCUT2D eigenvalue weighted by atomic mass is 16.1. The molecule has 0 bridgehead atoms. The summed E-state index contributed by atoms with van der Waals surface area (Å²) in [4.78, 5) is 9.37. The number of rotatable bonds is 1. The molecule has 32 valence electrons. The van der Waals surface area contributed by atoms with Gasteiger partial charge in [-0.25, -0.2) is 4.79 Å². The third-order valence-electron chi connectivity index (χ3n) is 0.305. The van der Waals surface area contributed by atoms with Crippen LogP contribution in [0.4, 0.5) is 0 Å². The van der Waals surface area contributed by atoms with E-state index in [0.29, 0.717) is 0 Å². The Bertz CT molecular complexity index is 96.5. The van der Waals surface area contributed by atoms with Crippen molar-refractivity contribution in [2.45, 2.75) is 6.92 Å². The van der Waals surface area contributed by atoms with E-state index in [1.807, 2.05) is 0 Å². The van der Waals surface area contributed by atoms with Gasteiger partial charge in [-0.15, -0.1) is 0 Å². The molecule has 0 saturated heterocycles. The Hall–Kier alpha value is -0.810. The molecule has 0 aromatic rings. The molecule has 0 aliphatic heterocycles. The van der Waals surface area contributed by atoms with Crippen LogP contribution in [0.25, 0.3) is 0 Å². The van der Waals surface area contributed by atoms with Crippen molar-refractivity contribution in [3.8, 4) is 0 Å². The van der Waals surface area contributed by atoms with Crippen LogP contribution >= 0.6 is 0 Å². The standard InChI is InChI=1S/C5H6O/c1-5(2)3-4-6/h3H,1H2,2H3. The van der Waals surface area contributed by atoms with Crippen LogP contribution in [0, 0.1) is 0 Å². The van der Waals surface area contributed by atoms with Crippen LogP contribution < -0.4 is 0 Å². The van der Waals surface area contributed by atoms with Gasteiger partial charge in [-0.05, 0) is 12.5 Å². The zero-order valence-corrected chi connectivity index (χ0v) is 3.69. The maximum Gasteiger partial charge on any atom is 0.124 e. The lowest BCUT2D eigenvalue weighted by atomic mass is 10.4. The summed E-state index contributed by atoms with van der Waals surface area (Å²) in [6, 6.07) is 0. The van der Waals surface area contributed by atoms with Crippen molar-refractivity contribution in [1.82, 2.24) is 0 Å². The summed E-state index contributed by atoms with van der Waals surface area (Å²) in [6.07, 6.45) is 1.29. The molecule has 0 fully saturated rings. The van der Waals surface area contributed by atoms with E-state index in [2.05, 4.69) is 6.58 Å². The molecule has 0 rings (SSSR count). The normalized spacial score (nSPS) is 6.17. The van der Waals surface area contributed by atoms with E-state index in [1.54, 1.807) is 12.9 Å². The van der Waals surface area contributed by atoms with Crippen LogP contribution in [-0.2, 0) is 4.79 Å². The first-order valence-corrected chi connectivity index (χ1v) is 1.64. The summed E-state index contributed by atoms with van der Waals surface area (Å²) in [6.45, 7) is 5.17. The van der Waals surface area contributed by atoms with Gasteiger partial charge in [0.1, 0.15) is 5.94 Å². The Labute approximate surface area is 37.0 Å². The number of carbonyl (C=O) groups excluding carboxylic acids is 1. The smallest absolute Gasteiger partial charge is 0.124 e. The molecule has 0 unspecified atom stereocenters. The van der Waals surface area contributed by atoms with Crippen LogP contribution in [0.15, 0.2) is 18.2 Å². The van der Waals surface area contributed by atoms with Gasteiger partial charge in [0.05, 0.1) is 0 Å². The second kappa shape index (κ2) is 2.43. The minimum atomic E-state index is 0.741. The van der Waals surface area contributed by atoms with Gasteiger partial charge in [0.2, 0.25) is 0 Å². The number of allylic oxidation sites excluding steroid dienone is 2. The lowest BCUT2D eigenvalue weighted by Crippen LogP contribution is -1.56. The second-order valence-corrected chi connectivity index (χ2v) is 1.11. The first kappa shape index (κ1) is 5.19. The SMILES string of the molecule is C=C(C)C=C=O. The number of hydrogen-bond acceptors (Lipinski definition) is 1. The van der Waals surface area contributed by atoms with Crippen molar-refractivity contribution in [1.29, 1.82) is 0 Å². The topological polar surface area (TPSA) is 17.1 Å². The van der Waals surface area contributed by atoms with Crippen molar-refractivity contribution in [3.63, 3.8) is 0 Å². The summed E-state index contributed by atoms with van der Waals surface area (Å²) in [5.41, 5.74) is 0.741. The minimum absolute atomic E-state index is 0.741. The van der Waals surface area contributed by atoms with Crippen molar-refractivity contribution in [2.75, 3.05) is 0 Å². The van der Waals surface area contributed by atoms with Gasteiger partial charge < -0.3 is 0 Å². The lowest BCUT2D eigenvalue weighted by Gasteiger charge is -1.69. The van der Waals surface area contributed by atoms with E-state index in [-0.39, 0.29) is 0 Å². The zero-order chi connectivity index (χ0) is 4.99. The first-order chi connectivity index (χ1) is 2.77. The fourth-order valence-corrected chi connectivity index (χ4v) is 0.101. The van der Waals surface area contributed by atoms with E-state index in [4.69, 9.17) is 0 Å². The van der Waals surface area contributed by atoms with Gasteiger partial charge in [0.25, 0.3) is 0 Å². The van der Waals surface area contributed by atoms with Gasteiger partial charge in [-0.1, -0.05) is 6.58 Å². The summed E-state index contributed by atoms with van der Waals surface area (Å²) in [5.74, 6) is 1.59. The largest absolute Gasteiger partial charge is 0.233 e. The van der Waals surface area contributed by atoms with Crippen LogP contribution in [0.2, 0.25) is 0 Å². The van der Waals surface area contributed by atoms with Crippen molar-refractivity contribution in [3.05, 3.63) is 18.2 Å². The summed E-state index contributed by atoms with van der Waals surface area (Å²) < 4.78 is 0. The minimum Gasteiger partial charge on any atom is -0.233 e. The van der Waals surface area contributed by atoms with Crippen LogP contribution in [0.3, 0.4) is 0 Å². The average molecular weight is 82.1 g/mol. The van der Waals surface area contributed by atoms with Crippen LogP contribution in [0.5, 0.6) is 0 Å². The lowest BCUT2D eigenvalue weighted by molar-refractivity contribution is 0.569. The molecule has 0 radical (unpaired) electrons. The molecule has 0 aliphatic rings. The predicted octanol–water partition coefficient (Wildman–Crippen LogP) is 0.950. The van der Waals surface area contributed by atoms with Crippen LogP contribution in [-0.4, -0.2) is 5.94 Å². The molecule has 0 aromatic carbocycles. The Morgan fingerprint density at radius 2 is 2.50 bits per heavy atom. The quantitative estimate of drug-likeness (QED) is 0.340. The van der Waals surface area contributed by atoms with Gasteiger partial charge >= 0.3 is 0 Å². The second-order valence-electron chi connectivity index (χ2n) is 1.11. The summed E-state index contributed by atoms with van der Waals surface area (Å²) in [5, 5.41) is 0. The summed E-state index contributed by atoms with van der Waals surface area (Å²) in [7, 11) is 0. The van der Waals surface area contributed by atoms with Gasteiger partial charge in [-0.3, -0.25) is 0 Å². The molecule has 1 nitrogen and oxygen atoms in total. The Balaban J connectivity index is 3.60. The average Bonchev–Trinajstić information content (AvgIpc) is 1.35. The molecule has 6 heavy (non-hydrogen) atoms. The Kier molecular flexibility index (Phi) is 2.10. The molecule has 0 heterocycles. The monoisotopic (exact) mass is 82.0 g/mol. The van der Waals surface area contributed by atoms with E-state index < -0.39 is 0 Å². The van der Waals surface area contributed by atoms with Gasteiger partial charge in [0, 0.05) is 6.08 Å². The summed E-state index contributed by atoms with van der Waals surface area (Å²) >= 11 is 0. The molecule has 0 amide bonds. The third kappa shape index (κ3) is 3.19. The van der Waals surface area contributed by atoms with Gasteiger partial charge in [-0.2, -0.15) is 0 Å². The Morgan fingerprint density at radius 3 is 2.50 bits per heavy atom. The zero-order valence-electron chi connectivity index (χ0n) is 3.69. The predicted molar refractivity (Wildman–Crippen MR) is 25.1 cm³/mol. The highest BCUT2D eigenvalue weighted by Crippen LogP contribution is 1.80. The molecule has 0 N–H and O–H groups in total. The third-order valence-corrected chi connectivity index (χ3v) is 0.305. The van der Waals surface area contributed by atoms with Crippen LogP contribution in [0.1, 0.15) is 6.92 Å². The van der Waals surface area contributed by atoms with Crippen molar-refractivity contribution >= 4 is 5.94 Å². The highest BCUT2D eigenvalue weighted by molar-refractivity contribution is 5.50. The maximum absolute atomic E-state index is 9.37. The van der Waals surface area contributed by atoms with Gasteiger partial charge in [0.15, 0.2) is 0 Å². The molecule has 0 atom stereocenters. The fraction of sp³-hybridized carbons (Fsp3) is 0.200. The number of hydrogen-bond donors (Lipinski definition) is 0. The highest BCUT2D eigenvalue weighted by Gasteiger charge is 1.65. The van der Waals surface area contributed by atoms with Crippen molar-refractivity contribution in [2.24, 2.45) is 0 Å². The molecule has 0 aromatic heterocycles.